The highest BCUT2D eigenvalue weighted by atomic mass is 32.2. The van der Waals surface area contributed by atoms with Crippen LogP contribution in [0.1, 0.15) is 28.4 Å². The van der Waals surface area contributed by atoms with Gasteiger partial charge in [-0.05, 0) is 42.7 Å². The molecule has 1 heterocycles. The van der Waals surface area contributed by atoms with Crippen LogP contribution in [0.4, 0.5) is 0 Å². The summed E-state index contributed by atoms with van der Waals surface area (Å²) in [5.41, 5.74) is 2.72. The van der Waals surface area contributed by atoms with Crippen molar-refractivity contribution in [2.24, 2.45) is 0 Å². The van der Waals surface area contributed by atoms with Gasteiger partial charge in [0.1, 0.15) is 0 Å². The lowest BCUT2D eigenvalue weighted by molar-refractivity contribution is 0.0697. The van der Waals surface area contributed by atoms with Gasteiger partial charge in [-0.25, -0.2) is 8.42 Å². The second kappa shape index (κ2) is 7.60. The molecule has 0 saturated carbocycles. The van der Waals surface area contributed by atoms with Crippen LogP contribution in [-0.4, -0.2) is 49.7 Å². The van der Waals surface area contributed by atoms with Crippen molar-refractivity contribution in [3.63, 3.8) is 0 Å². The molecule has 0 atom stereocenters. The molecule has 0 aliphatic carbocycles. The molecule has 26 heavy (non-hydrogen) atoms. The minimum Gasteiger partial charge on any atom is -0.336 e. The molecule has 1 aliphatic heterocycles. The number of carbonyl (C=O) groups is 1. The van der Waals surface area contributed by atoms with Crippen molar-refractivity contribution in [3.05, 3.63) is 65.2 Å². The zero-order valence-electron chi connectivity index (χ0n) is 15.2. The number of aryl methyl sites for hydroxylation is 2. The van der Waals surface area contributed by atoms with E-state index in [2.05, 4.69) is 0 Å². The Morgan fingerprint density at radius 3 is 2.15 bits per heavy atom. The number of amides is 1. The van der Waals surface area contributed by atoms with Crippen LogP contribution in [0.3, 0.4) is 0 Å². The Balaban J connectivity index is 1.69. The molecule has 0 radical (unpaired) electrons. The molecule has 5 nitrogen and oxygen atoms in total. The summed E-state index contributed by atoms with van der Waals surface area (Å²) in [6.07, 6.45) is 0.875. The van der Waals surface area contributed by atoms with Gasteiger partial charge in [0.05, 0.1) is 4.90 Å². The zero-order valence-corrected chi connectivity index (χ0v) is 16.0. The molecule has 0 bridgehead atoms. The average molecular weight is 372 g/mol. The normalized spacial score (nSPS) is 15.8. The lowest BCUT2D eigenvalue weighted by Gasteiger charge is -2.34. The Morgan fingerprint density at radius 1 is 0.962 bits per heavy atom. The molecule has 1 aliphatic rings. The second-order valence-electron chi connectivity index (χ2n) is 6.51. The van der Waals surface area contributed by atoms with Crippen LogP contribution in [0.25, 0.3) is 0 Å². The van der Waals surface area contributed by atoms with Crippen LogP contribution >= 0.6 is 0 Å². The number of piperazine rings is 1. The minimum atomic E-state index is -3.51. The van der Waals surface area contributed by atoms with Crippen LogP contribution in [0, 0.1) is 6.92 Å². The van der Waals surface area contributed by atoms with Crippen molar-refractivity contribution in [2.45, 2.75) is 25.2 Å². The van der Waals surface area contributed by atoms with Crippen molar-refractivity contribution < 1.29 is 13.2 Å². The van der Waals surface area contributed by atoms with E-state index in [4.69, 9.17) is 0 Å². The smallest absolute Gasteiger partial charge is 0.254 e. The van der Waals surface area contributed by atoms with Crippen LogP contribution < -0.4 is 0 Å². The maximum atomic E-state index is 12.8. The maximum absolute atomic E-state index is 12.8. The number of carbonyl (C=O) groups excluding carboxylic acids is 1. The minimum absolute atomic E-state index is 0.0348. The van der Waals surface area contributed by atoms with E-state index in [0.29, 0.717) is 36.6 Å². The quantitative estimate of drug-likeness (QED) is 0.829. The monoisotopic (exact) mass is 372 g/mol. The number of rotatable bonds is 4. The van der Waals surface area contributed by atoms with Crippen molar-refractivity contribution >= 4 is 15.9 Å². The number of nitrogens with zero attached hydrogens (tertiary/aromatic N) is 2. The highest BCUT2D eigenvalue weighted by Gasteiger charge is 2.30. The fourth-order valence-electron chi connectivity index (χ4n) is 3.16. The van der Waals surface area contributed by atoms with Gasteiger partial charge in [-0.3, -0.25) is 4.79 Å². The molecular weight excluding hydrogens is 348 g/mol. The molecule has 1 amide bonds. The number of hydrogen-bond donors (Lipinski definition) is 0. The number of sulfonamides is 1. The Kier molecular flexibility index (Phi) is 5.44. The van der Waals surface area contributed by atoms with Crippen LogP contribution in [0.5, 0.6) is 0 Å². The van der Waals surface area contributed by atoms with E-state index in [1.54, 1.807) is 17.0 Å². The molecule has 1 saturated heterocycles. The van der Waals surface area contributed by atoms with E-state index in [9.17, 15) is 13.2 Å². The van der Waals surface area contributed by atoms with E-state index < -0.39 is 10.0 Å². The summed E-state index contributed by atoms with van der Waals surface area (Å²) in [7, 11) is -3.51. The predicted octanol–water partition coefficient (Wildman–Crippen LogP) is 2.70. The molecule has 2 aromatic carbocycles. The summed E-state index contributed by atoms with van der Waals surface area (Å²) in [6, 6.07) is 14.5. The first kappa shape index (κ1) is 18.6. The third-order valence-corrected chi connectivity index (χ3v) is 6.78. The Labute approximate surface area is 155 Å². The molecule has 0 unspecified atom stereocenters. The van der Waals surface area contributed by atoms with Gasteiger partial charge >= 0.3 is 0 Å². The van der Waals surface area contributed by atoms with Gasteiger partial charge in [-0.2, -0.15) is 4.31 Å². The Morgan fingerprint density at radius 2 is 1.58 bits per heavy atom. The van der Waals surface area contributed by atoms with Crippen LogP contribution in [-0.2, 0) is 16.4 Å². The third-order valence-electron chi connectivity index (χ3n) is 4.87. The summed E-state index contributed by atoms with van der Waals surface area (Å²) in [4.78, 5) is 14.7. The van der Waals surface area contributed by atoms with Gasteiger partial charge in [-0.15, -0.1) is 0 Å². The first-order chi connectivity index (χ1) is 12.4. The van der Waals surface area contributed by atoms with Gasteiger partial charge < -0.3 is 4.90 Å². The summed E-state index contributed by atoms with van der Waals surface area (Å²) >= 11 is 0. The van der Waals surface area contributed by atoms with Crippen molar-refractivity contribution in [2.75, 3.05) is 26.2 Å². The zero-order chi connectivity index (χ0) is 18.7. The standard InChI is InChI=1S/C20H24N2O3S/c1-3-17-8-10-18(11-9-17)26(24,25)22-14-12-21(13-15-22)20(23)19-7-5-4-6-16(19)2/h4-11H,3,12-15H2,1-2H3. The van der Waals surface area contributed by atoms with E-state index in [1.807, 2.05) is 50.2 Å². The van der Waals surface area contributed by atoms with Crippen molar-refractivity contribution in [1.82, 2.24) is 9.21 Å². The molecule has 0 aromatic heterocycles. The van der Waals surface area contributed by atoms with Gasteiger partial charge in [0.25, 0.3) is 5.91 Å². The molecule has 138 valence electrons. The highest BCUT2D eigenvalue weighted by Crippen LogP contribution is 2.20. The second-order valence-corrected chi connectivity index (χ2v) is 8.45. The number of benzene rings is 2. The average Bonchev–Trinajstić information content (AvgIpc) is 2.68. The molecule has 0 N–H and O–H groups in total. The largest absolute Gasteiger partial charge is 0.336 e. The first-order valence-corrected chi connectivity index (χ1v) is 10.3. The van der Waals surface area contributed by atoms with Crippen LogP contribution in [0.15, 0.2) is 53.4 Å². The summed E-state index contributed by atoms with van der Waals surface area (Å²) in [5.74, 6) is -0.0348. The SMILES string of the molecule is CCc1ccc(S(=O)(=O)N2CCN(C(=O)c3ccccc3C)CC2)cc1. The van der Waals surface area contributed by atoms with E-state index in [-0.39, 0.29) is 5.91 Å². The van der Waals surface area contributed by atoms with Crippen molar-refractivity contribution in [3.8, 4) is 0 Å². The summed E-state index contributed by atoms with van der Waals surface area (Å²) in [6.45, 7) is 5.38. The van der Waals surface area contributed by atoms with Gasteiger partial charge in [0, 0.05) is 31.7 Å². The molecule has 6 heteroatoms. The van der Waals surface area contributed by atoms with E-state index >= 15 is 0 Å². The predicted molar refractivity (Wildman–Crippen MR) is 102 cm³/mol. The highest BCUT2D eigenvalue weighted by molar-refractivity contribution is 7.89. The van der Waals surface area contributed by atoms with E-state index in [1.165, 1.54) is 4.31 Å². The molecule has 1 fully saturated rings. The Bertz CT molecular complexity index is 884. The van der Waals surface area contributed by atoms with E-state index in [0.717, 1.165) is 17.5 Å². The molecular formula is C20H24N2O3S. The van der Waals surface area contributed by atoms with Gasteiger partial charge in [0.2, 0.25) is 10.0 Å². The van der Waals surface area contributed by atoms with Crippen molar-refractivity contribution in [1.29, 1.82) is 0 Å². The fourth-order valence-corrected chi connectivity index (χ4v) is 4.58. The van der Waals surface area contributed by atoms with Gasteiger partial charge in [0.15, 0.2) is 0 Å². The first-order valence-electron chi connectivity index (χ1n) is 8.87. The molecule has 3 rings (SSSR count). The van der Waals surface area contributed by atoms with Gasteiger partial charge in [-0.1, -0.05) is 37.3 Å². The Hall–Kier alpha value is -2.18. The lowest BCUT2D eigenvalue weighted by atomic mass is 10.1. The third kappa shape index (κ3) is 3.66. The topological polar surface area (TPSA) is 57.7 Å². The number of hydrogen-bond acceptors (Lipinski definition) is 3. The lowest BCUT2D eigenvalue weighted by Crippen LogP contribution is -2.50. The van der Waals surface area contributed by atoms with Crippen LogP contribution in [0.2, 0.25) is 0 Å². The maximum Gasteiger partial charge on any atom is 0.254 e. The molecule has 2 aromatic rings. The molecule has 0 spiro atoms. The fraction of sp³-hybridized carbons (Fsp3) is 0.350. The summed E-state index contributed by atoms with van der Waals surface area (Å²) in [5, 5.41) is 0. The summed E-state index contributed by atoms with van der Waals surface area (Å²) < 4.78 is 27.1.